The topological polar surface area (TPSA) is 76.2 Å². The predicted molar refractivity (Wildman–Crippen MR) is 67.9 cm³/mol. The molecular weight excluding hydrogens is 304 g/mol. The van der Waals surface area contributed by atoms with Gasteiger partial charge in [0.15, 0.2) is 0 Å². The number of carbonyl (C=O) groups is 2. The van der Waals surface area contributed by atoms with E-state index in [0.29, 0.717) is 10.6 Å². The molecule has 1 fully saturated rings. The van der Waals surface area contributed by atoms with Gasteiger partial charge in [-0.25, -0.2) is 9.37 Å². The average molecular weight is 318 g/mol. The predicted octanol–water partition coefficient (Wildman–Crippen LogP) is -0.565. The molecule has 2 aliphatic rings. The van der Waals surface area contributed by atoms with E-state index in [-0.39, 0.29) is 12.5 Å². The molecule has 2 atom stereocenters. The van der Waals surface area contributed by atoms with Gasteiger partial charge in [0.1, 0.15) is 6.54 Å². The van der Waals surface area contributed by atoms with Gasteiger partial charge >= 0.3 is 10.8 Å². The number of hydrogen-bond donors (Lipinski definition) is 1. The Hall–Kier alpha value is -1.28. The smallest absolute Gasteiger partial charge is 0.364 e. The van der Waals surface area contributed by atoms with Crippen LogP contribution in [0.5, 0.6) is 0 Å². The third-order valence-corrected chi connectivity index (χ3v) is 3.58. The van der Waals surface area contributed by atoms with Gasteiger partial charge in [0.05, 0.1) is 22.0 Å². The van der Waals surface area contributed by atoms with E-state index in [2.05, 4.69) is 20.9 Å². The number of nitrogens with zero attached hydrogens (tertiary/aromatic N) is 4. The van der Waals surface area contributed by atoms with Crippen LogP contribution in [0.3, 0.4) is 0 Å². The molecule has 7 nitrogen and oxygen atoms in total. The number of urea groups is 1. The van der Waals surface area contributed by atoms with E-state index >= 15 is 0 Å². The molecule has 0 aromatic carbocycles. The van der Waals surface area contributed by atoms with Crippen molar-refractivity contribution in [2.45, 2.75) is 19.1 Å². The van der Waals surface area contributed by atoms with Crippen molar-refractivity contribution < 1.29 is 19.3 Å². The van der Waals surface area contributed by atoms with Crippen LogP contribution in [0.4, 0.5) is 4.79 Å². The van der Waals surface area contributed by atoms with E-state index in [1.165, 1.54) is 11.9 Å². The van der Waals surface area contributed by atoms with Crippen LogP contribution >= 0.6 is 15.9 Å². The number of aliphatic hydroxyl groups is 1. The fourth-order valence-electron chi connectivity index (χ4n) is 2.03. The standard InChI is InChI=1S/C10H14BrN4O3/c1-5(16)4-15-6-7(12-9(15)11)13(2)10(18)14(3)8(6)17/h5-6,16H,4H2,1-3H3/q+1. The van der Waals surface area contributed by atoms with Crippen molar-refractivity contribution in [2.75, 3.05) is 20.6 Å². The van der Waals surface area contributed by atoms with E-state index in [1.54, 1.807) is 18.5 Å². The molecule has 0 radical (unpaired) electrons. The number of hydrogen-bond acceptors (Lipinski definition) is 4. The SMILES string of the molecule is CC(O)C[N+]1=C(Br)N=C2C1C(=O)N(C)C(=O)N2C. The molecule has 0 aromatic rings. The van der Waals surface area contributed by atoms with Crippen LogP contribution in [0.1, 0.15) is 6.92 Å². The Bertz CT molecular complexity index is 486. The maximum atomic E-state index is 12.1. The highest BCUT2D eigenvalue weighted by Gasteiger charge is 2.52. The maximum Gasteiger partial charge on any atom is 0.364 e. The Balaban J connectivity index is 2.40. The fourth-order valence-corrected chi connectivity index (χ4v) is 2.57. The number of β-amino-alcohol motifs (C(OH)–C–C–N with tert-alkyl or cyclic N) is 1. The molecule has 1 N–H and O–H groups in total. The number of rotatable bonds is 2. The third kappa shape index (κ3) is 1.85. The second-order valence-corrected chi connectivity index (χ2v) is 5.09. The molecule has 2 heterocycles. The average Bonchev–Trinajstić information content (AvgIpc) is 2.61. The van der Waals surface area contributed by atoms with E-state index < -0.39 is 18.2 Å². The van der Waals surface area contributed by atoms with Gasteiger partial charge in [0.2, 0.25) is 0 Å². The molecule has 0 spiro atoms. The quantitative estimate of drug-likeness (QED) is 0.547. The number of halogens is 1. The lowest BCUT2D eigenvalue weighted by Crippen LogP contribution is -2.61. The Morgan fingerprint density at radius 1 is 1.44 bits per heavy atom. The maximum absolute atomic E-state index is 12.1. The van der Waals surface area contributed by atoms with Gasteiger partial charge in [-0.05, 0) is 11.9 Å². The molecule has 8 heteroatoms. The number of aliphatic hydroxyl groups excluding tert-OH is 1. The summed E-state index contributed by atoms with van der Waals surface area (Å²) in [6.45, 7) is 1.89. The molecule has 2 rings (SSSR count). The van der Waals surface area contributed by atoms with Crippen molar-refractivity contribution in [2.24, 2.45) is 4.99 Å². The summed E-state index contributed by atoms with van der Waals surface area (Å²) in [5, 5.41) is 9.46. The molecule has 2 unspecified atom stereocenters. The van der Waals surface area contributed by atoms with Crippen LogP contribution in [0.15, 0.2) is 4.99 Å². The minimum absolute atomic E-state index is 0.264. The number of amides is 3. The number of likely N-dealkylation sites (N-methyl/N-ethyl adjacent to an activating group) is 2. The van der Waals surface area contributed by atoms with Gasteiger partial charge in [-0.15, -0.1) is 0 Å². The first-order chi connectivity index (χ1) is 8.34. The molecule has 18 heavy (non-hydrogen) atoms. The van der Waals surface area contributed by atoms with Crippen LogP contribution in [0.25, 0.3) is 0 Å². The number of carbonyl (C=O) groups excluding carboxylic acids is 2. The van der Waals surface area contributed by atoms with Crippen LogP contribution in [0, 0.1) is 0 Å². The van der Waals surface area contributed by atoms with Gasteiger partial charge in [-0.3, -0.25) is 14.6 Å². The lowest BCUT2D eigenvalue weighted by atomic mass is 10.1. The van der Waals surface area contributed by atoms with Crippen molar-refractivity contribution in [1.82, 2.24) is 9.80 Å². The highest BCUT2D eigenvalue weighted by molar-refractivity contribution is 9.18. The van der Waals surface area contributed by atoms with Gasteiger partial charge in [-0.2, -0.15) is 0 Å². The molecule has 0 bridgehead atoms. The van der Waals surface area contributed by atoms with Crippen LogP contribution in [-0.4, -0.2) is 74.8 Å². The molecule has 1 saturated heterocycles. The largest absolute Gasteiger partial charge is 0.389 e. The van der Waals surface area contributed by atoms with Crippen molar-refractivity contribution in [3.8, 4) is 0 Å². The van der Waals surface area contributed by atoms with Gasteiger partial charge in [-0.1, -0.05) is 0 Å². The molecule has 0 aliphatic carbocycles. The van der Waals surface area contributed by atoms with E-state index in [0.717, 1.165) is 4.90 Å². The summed E-state index contributed by atoms with van der Waals surface area (Å²) in [5.41, 5.74) is 0. The lowest BCUT2D eigenvalue weighted by molar-refractivity contribution is -0.540. The summed E-state index contributed by atoms with van der Waals surface area (Å²) < 4.78 is 2.09. The molecule has 0 aromatic heterocycles. The van der Waals surface area contributed by atoms with Crippen molar-refractivity contribution in [1.29, 1.82) is 0 Å². The molecule has 2 aliphatic heterocycles. The van der Waals surface area contributed by atoms with E-state index in [1.807, 2.05) is 0 Å². The van der Waals surface area contributed by atoms with E-state index in [9.17, 15) is 14.7 Å². The summed E-state index contributed by atoms with van der Waals surface area (Å²) in [6.07, 6.45) is -0.604. The molecule has 98 valence electrons. The zero-order chi connectivity index (χ0) is 13.6. The first-order valence-corrected chi connectivity index (χ1v) is 6.25. The van der Waals surface area contributed by atoms with Crippen LogP contribution in [0.2, 0.25) is 0 Å². The highest BCUT2D eigenvalue weighted by Crippen LogP contribution is 2.20. The lowest BCUT2D eigenvalue weighted by Gasteiger charge is -2.30. The Kier molecular flexibility index (Phi) is 3.24. The first-order valence-electron chi connectivity index (χ1n) is 5.45. The monoisotopic (exact) mass is 317 g/mol. The normalized spacial score (nSPS) is 25.6. The Labute approximate surface area is 113 Å². The third-order valence-electron chi connectivity index (χ3n) is 2.94. The fraction of sp³-hybridized carbons (Fsp3) is 0.600. The highest BCUT2D eigenvalue weighted by atomic mass is 79.9. The molecule has 0 saturated carbocycles. The number of aliphatic imine (C=N–C) groups is 1. The minimum Gasteiger partial charge on any atom is -0.389 e. The van der Waals surface area contributed by atoms with Crippen molar-refractivity contribution in [3.63, 3.8) is 0 Å². The second-order valence-electron chi connectivity index (χ2n) is 4.38. The number of imide groups is 1. The molecule has 3 amide bonds. The van der Waals surface area contributed by atoms with Crippen molar-refractivity contribution in [3.05, 3.63) is 0 Å². The summed E-state index contributed by atoms with van der Waals surface area (Å²) in [7, 11) is 3.01. The summed E-state index contributed by atoms with van der Waals surface area (Å²) in [4.78, 5) is 30.5. The molecular formula is C10H14BrN4O3+. The van der Waals surface area contributed by atoms with Gasteiger partial charge in [0.25, 0.3) is 17.8 Å². The second kappa shape index (κ2) is 4.43. The summed E-state index contributed by atoms with van der Waals surface area (Å²) >= 11 is 3.25. The summed E-state index contributed by atoms with van der Waals surface area (Å²) in [6, 6.07) is -1.06. The first kappa shape index (κ1) is 13.2. The zero-order valence-electron chi connectivity index (χ0n) is 10.3. The number of amidine groups is 2. The Morgan fingerprint density at radius 2 is 2.06 bits per heavy atom. The van der Waals surface area contributed by atoms with E-state index in [4.69, 9.17) is 0 Å². The zero-order valence-corrected chi connectivity index (χ0v) is 11.9. The van der Waals surface area contributed by atoms with Gasteiger partial charge in [0, 0.05) is 14.1 Å². The van der Waals surface area contributed by atoms with Crippen molar-refractivity contribution >= 4 is 38.4 Å². The van der Waals surface area contributed by atoms with Gasteiger partial charge < -0.3 is 5.11 Å². The van der Waals surface area contributed by atoms with Crippen LogP contribution < -0.4 is 0 Å². The minimum atomic E-state index is -0.651. The number of fused-ring (bicyclic) bond motifs is 1. The van der Waals surface area contributed by atoms with Crippen LogP contribution in [-0.2, 0) is 4.79 Å². The summed E-state index contributed by atoms with van der Waals surface area (Å²) in [5.74, 6) is 0.0441. The Morgan fingerprint density at radius 3 is 2.61 bits per heavy atom.